The summed E-state index contributed by atoms with van der Waals surface area (Å²) in [6.07, 6.45) is 0. The van der Waals surface area contributed by atoms with E-state index in [1.54, 1.807) is 0 Å². The zero-order chi connectivity index (χ0) is 13.2. The molecule has 0 radical (unpaired) electrons. The molecule has 0 spiro atoms. The van der Waals surface area contributed by atoms with Gasteiger partial charge in [0.05, 0.1) is 6.07 Å². The van der Waals surface area contributed by atoms with Crippen LogP contribution in [0.15, 0.2) is 59.1 Å². The molecule has 1 atom stereocenters. The number of aromatic amines is 1. The predicted octanol–water partition coefficient (Wildman–Crippen LogP) is 4.59. The van der Waals surface area contributed by atoms with E-state index in [0.717, 1.165) is 26.6 Å². The van der Waals surface area contributed by atoms with Crippen LogP contribution in [0, 0.1) is 11.3 Å². The molecule has 0 saturated carbocycles. The largest absolute Gasteiger partial charge is 0.357 e. The van der Waals surface area contributed by atoms with E-state index in [0.29, 0.717) is 0 Å². The number of halogens is 1. The van der Waals surface area contributed by atoms with Gasteiger partial charge in [0, 0.05) is 15.7 Å². The van der Waals surface area contributed by atoms with Crippen LogP contribution in [0.3, 0.4) is 0 Å². The molecule has 1 unspecified atom stereocenters. The Morgan fingerprint density at radius 2 is 1.79 bits per heavy atom. The van der Waals surface area contributed by atoms with E-state index in [4.69, 9.17) is 0 Å². The highest BCUT2D eigenvalue weighted by molar-refractivity contribution is 9.10. The lowest BCUT2D eigenvalue weighted by molar-refractivity contribution is 0.991. The number of H-pyrrole nitrogens is 1. The van der Waals surface area contributed by atoms with Crippen LogP contribution in [0.1, 0.15) is 17.2 Å². The predicted molar refractivity (Wildman–Crippen MR) is 79.9 cm³/mol. The van der Waals surface area contributed by atoms with Gasteiger partial charge in [-0.05, 0) is 35.2 Å². The molecule has 3 heteroatoms. The number of benzene rings is 2. The second-order valence-corrected chi connectivity index (χ2v) is 5.34. The lowest BCUT2D eigenvalue weighted by Gasteiger charge is -2.07. The van der Waals surface area contributed by atoms with Crippen molar-refractivity contribution in [2.45, 2.75) is 5.92 Å². The molecule has 2 aromatic carbocycles. The molecular formula is C16H11BrN2. The van der Waals surface area contributed by atoms with Gasteiger partial charge in [-0.1, -0.05) is 46.3 Å². The van der Waals surface area contributed by atoms with Crippen molar-refractivity contribution in [3.8, 4) is 6.07 Å². The molecule has 2 nitrogen and oxygen atoms in total. The van der Waals surface area contributed by atoms with Crippen molar-refractivity contribution in [1.29, 1.82) is 5.26 Å². The van der Waals surface area contributed by atoms with Gasteiger partial charge < -0.3 is 4.98 Å². The van der Waals surface area contributed by atoms with E-state index in [1.165, 1.54) is 0 Å². The Hall–Kier alpha value is -2.05. The van der Waals surface area contributed by atoms with Crippen LogP contribution in [0.25, 0.3) is 10.9 Å². The van der Waals surface area contributed by atoms with Gasteiger partial charge in [-0.25, -0.2) is 0 Å². The second-order valence-electron chi connectivity index (χ2n) is 4.43. The number of hydrogen-bond donors (Lipinski definition) is 1. The number of nitrogens with one attached hydrogen (secondary N) is 1. The molecule has 3 rings (SSSR count). The van der Waals surface area contributed by atoms with E-state index in [2.05, 4.69) is 27.0 Å². The Morgan fingerprint density at radius 3 is 2.47 bits per heavy atom. The maximum atomic E-state index is 9.45. The average Bonchev–Trinajstić information content (AvgIpc) is 2.85. The fourth-order valence-corrected chi connectivity index (χ4v) is 2.49. The van der Waals surface area contributed by atoms with Crippen LogP contribution in [0.5, 0.6) is 0 Å². The standard InChI is InChI=1S/C16H11BrN2/c17-13-7-5-11(6-8-13)14(10-18)16-9-12-3-1-2-4-15(12)19-16/h1-9,14,19H. The third-order valence-electron chi connectivity index (χ3n) is 3.19. The van der Waals surface area contributed by atoms with Gasteiger partial charge in [0.2, 0.25) is 0 Å². The maximum Gasteiger partial charge on any atom is 0.111 e. The summed E-state index contributed by atoms with van der Waals surface area (Å²) in [6, 6.07) is 20.3. The normalized spacial score (nSPS) is 12.2. The van der Waals surface area contributed by atoms with Crippen LogP contribution in [0.2, 0.25) is 0 Å². The van der Waals surface area contributed by atoms with Gasteiger partial charge in [0.15, 0.2) is 0 Å². The van der Waals surface area contributed by atoms with Crippen LogP contribution in [0.4, 0.5) is 0 Å². The Kier molecular flexibility index (Phi) is 3.10. The lowest BCUT2D eigenvalue weighted by Crippen LogP contribution is -1.98. The Morgan fingerprint density at radius 1 is 1.05 bits per heavy atom. The molecule has 0 aliphatic heterocycles. The van der Waals surface area contributed by atoms with E-state index in [1.807, 2.05) is 54.6 Å². The van der Waals surface area contributed by atoms with E-state index < -0.39 is 0 Å². The van der Waals surface area contributed by atoms with Crippen LogP contribution < -0.4 is 0 Å². The quantitative estimate of drug-likeness (QED) is 0.739. The fourth-order valence-electron chi connectivity index (χ4n) is 2.23. The number of hydrogen-bond acceptors (Lipinski definition) is 1. The number of rotatable bonds is 2. The molecule has 92 valence electrons. The third kappa shape index (κ3) is 2.27. The topological polar surface area (TPSA) is 39.6 Å². The van der Waals surface area contributed by atoms with Crippen LogP contribution in [-0.2, 0) is 0 Å². The monoisotopic (exact) mass is 310 g/mol. The van der Waals surface area contributed by atoms with Crippen molar-refractivity contribution in [1.82, 2.24) is 4.98 Å². The first-order valence-corrected chi connectivity index (χ1v) is 6.80. The first kappa shape index (κ1) is 12.0. The molecule has 0 fully saturated rings. The van der Waals surface area contributed by atoms with Crippen molar-refractivity contribution >= 4 is 26.8 Å². The SMILES string of the molecule is N#CC(c1ccc(Br)cc1)c1cc2ccccc2[nH]1. The summed E-state index contributed by atoms with van der Waals surface area (Å²) < 4.78 is 1.02. The number of fused-ring (bicyclic) bond motifs is 1. The van der Waals surface area contributed by atoms with E-state index >= 15 is 0 Å². The highest BCUT2D eigenvalue weighted by atomic mass is 79.9. The molecule has 19 heavy (non-hydrogen) atoms. The maximum absolute atomic E-state index is 9.45. The summed E-state index contributed by atoms with van der Waals surface area (Å²) in [5.41, 5.74) is 3.00. The molecule has 0 aliphatic rings. The summed E-state index contributed by atoms with van der Waals surface area (Å²) in [5, 5.41) is 10.6. The molecule has 0 amide bonds. The Balaban J connectivity index is 2.07. The molecule has 0 bridgehead atoms. The highest BCUT2D eigenvalue weighted by Gasteiger charge is 2.15. The van der Waals surface area contributed by atoms with E-state index in [-0.39, 0.29) is 5.92 Å². The van der Waals surface area contributed by atoms with Gasteiger partial charge in [-0.3, -0.25) is 0 Å². The Bertz CT molecular complexity index is 717. The highest BCUT2D eigenvalue weighted by Crippen LogP contribution is 2.27. The zero-order valence-electron chi connectivity index (χ0n) is 10.1. The summed E-state index contributed by atoms with van der Waals surface area (Å²) in [5.74, 6) is -0.263. The van der Waals surface area contributed by atoms with E-state index in [9.17, 15) is 5.26 Å². The van der Waals surface area contributed by atoms with Gasteiger partial charge in [0.25, 0.3) is 0 Å². The number of nitrogens with zero attached hydrogens (tertiary/aromatic N) is 1. The lowest BCUT2D eigenvalue weighted by atomic mass is 9.97. The first-order chi connectivity index (χ1) is 9.28. The minimum Gasteiger partial charge on any atom is -0.357 e. The van der Waals surface area contributed by atoms with Gasteiger partial charge in [-0.2, -0.15) is 5.26 Å². The van der Waals surface area contributed by atoms with Crippen molar-refractivity contribution in [2.75, 3.05) is 0 Å². The molecule has 1 N–H and O–H groups in total. The van der Waals surface area contributed by atoms with Crippen molar-refractivity contribution < 1.29 is 0 Å². The summed E-state index contributed by atoms with van der Waals surface area (Å²) >= 11 is 3.41. The van der Waals surface area contributed by atoms with Crippen LogP contribution >= 0.6 is 15.9 Å². The summed E-state index contributed by atoms with van der Waals surface area (Å²) in [4.78, 5) is 3.33. The number of nitriles is 1. The average molecular weight is 311 g/mol. The molecule has 0 aliphatic carbocycles. The molecular weight excluding hydrogens is 300 g/mol. The molecule has 0 saturated heterocycles. The van der Waals surface area contributed by atoms with Gasteiger partial charge in [-0.15, -0.1) is 0 Å². The van der Waals surface area contributed by atoms with Crippen molar-refractivity contribution in [2.24, 2.45) is 0 Å². The van der Waals surface area contributed by atoms with Crippen molar-refractivity contribution in [3.05, 3.63) is 70.3 Å². The smallest absolute Gasteiger partial charge is 0.111 e. The fraction of sp³-hybridized carbons (Fsp3) is 0.0625. The minimum absolute atomic E-state index is 0.263. The van der Waals surface area contributed by atoms with Gasteiger partial charge in [0.1, 0.15) is 5.92 Å². The minimum atomic E-state index is -0.263. The second kappa shape index (κ2) is 4.91. The third-order valence-corrected chi connectivity index (χ3v) is 3.72. The summed E-state index contributed by atoms with van der Waals surface area (Å²) in [7, 11) is 0. The Labute approximate surface area is 119 Å². The van der Waals surface area contributed by atoms with Gasteiger partial charge >= 0.3 is 0 Å². The zero-order valence-corrected chi connectivity index (χ0v) is 11.7. The number of aromatic nitrogens is 1. The number of para-hydroxylation sites is 1. The molecule has 3 aromatic rings. The first-order valence-electron chi connectivity index (χ1n) is 6.00. The molecule has 1 heterocycles. The molecule has 1 aromatic heterocycles. The van der Waals surface area contributed by atoms with Crippen LogP contribution in [-0.4, -0.2) is 4.98 Å². The summed E-state index contributed by atoms with van der Waals surface area (Å²) in [6.45, 7) is 0. The van der Waals surface area contributed by atoms with Crippen molar-refractivity contribution in [3.63, 3.8) is 0 Å².